The van der Waals surface area contributed by atoms with E-state index in [1.807, 2.05) is 4.90 Å². The van der Waals surface area contributed by atoms with Crippen LogP contribution in [0.1, 0.15) is 37.9 Å². The minimum atomic E-state index is -1.12. The molecule has 1 aliphatic rings. The van der Waals surface area contributed by atoms with Crippen LogP contribution in [0.25, 0.3) is 11.5 Å². The van der Waals surface area contributed by atoms with Gasteiger partial charge >= 0.3 is 5.97 Å². The Morgan fingerprint density at radius 3 is 2.75 bits per heavy atom. The van der Waals surface area contributed by atoms with E-state index in [1.165, 1.54) is 23.1 Å². The smallest absolute Gasteiger partial charge is 0.323 e. The normalized spacial score (nSPS) is 14.9. The molecule has 0 saturated carbocycles. The van der Waals surface area contributed by atoms with E-state index in [2.05, 4.69) is 15.3 Å². The van der Waals surface area contributed by atoms with Gasteiger partial charge in [-0.2, -0.15) is 0 Å². The molecule has 4 rings (SSSR count). The Hall–Kier alpha value is -3.69. The summed E-state index contributed by atoms with van der Waals surface area (Å²) in [5.74, 6) is -1.08. The topological polar surface area (TPSA) is 113 Å². The highest BCUT2D eigenvalue weighted by Crippen LogP contribution is 2.25. The van der Waals surface area contributed by atoms with Crippen molar-refractivity contribution < 1.29 is 18.7 Å². The third kappa shape index (κ3) is 4.48. The molecule has 3 aromatic rings. The van der Waals surface area contributed by atoms with E-state index in [0.29, 0.717) is 11.6 Å². The van der Waals surface area contributed by atoms with E-state index in [-0.39, 0.29) is 17.1 Å². The third-order valence-corrected chi connectivity index (χ3v) is 5.40. The molecule has 10 heteroatoms. The number of carboxylic acids is 1. The number of anilines is 2. The van der Waals surface area contributed by atoms with Crippen LogP contribution < -0.4 is 15.8 Å². The molecule has 1 aliphatic heterocycles. The zero-order valence-electron chi connectivity index (χ0n) is 17.6. The van der Waals surface area contributed by atoms with Crippen LogP contribution in [0.5, 0.6) is 0 Å². The summed E-state index contributed by atoms with van der Waals surface area (Å²) in [6.07, 6.45) is 5.85. The number of carbonyl (C=O) groups is 1. The number of aromatic nitrogens is 3. The number of nitrogens with zero attached hydrogens (tertiary/aromatic N) is 4. The molecule has 0 amide bonds. The molecule has 0 spiro atoms. The van der Waals surface area contributed by atoms with Crippen LogP contribution in [0.3, 0.4) is 0 Å². The highest BCUT2D eigenvalue weighted by atomic mass is 19.1. The summed E-state index contributed by atoms with van der Waals surface area (Å²) in [5, 5.41) is 12.3. The van der Waals surface area contributed by atoms with Crippen molar-refractivity contribution in [2.45, 2.75) is 38.8 Å². The van der Waals surface area contributed by atoms with Gasteiger partial charge in [-0.15, -0.1) is 0 Å². The number of carboxylic acid groups (broad SMARTS) is 1. The molecule has 168 valence electrons. The summed E-state index contributed by atoms with van der Waals surface area (Å²) in [6.45, 7) is 2.74. The molecule has 9 nitrogen and oxygen atoms in total. The Labute approximate surface area is 183 Å². The third-order valence-electron chi connectivity index (χ3n) is 5.40. The number of benzene rings is 1. The van der Waals surface area contributed by atoms with Crippen molar-refractivity contribution in [3.05, 3.63) is 58.6 Å². The molecule has 0 bridgehead atoms. The van der Waals surface area contributed by atoms with Crippen LogP contribution in [0.15, 0.2) is 45.9 Å². The summed E-state index contributed by atoms with van der Waals surface area (Å²) in [6, 6.07) is 5.69. The fourth-order valence-corrected chi connectivity index (χ4v) is 3.76. The van der Waals surface area contributed by atoms with Crippen LogP contribution in [0.4, 0.5) is 16.0 Å². The fraction of sp³-hybridized carbons (Fsp3) is 0.364. The first-order chi connectivity index (χ1) is 15.4. The SMILES string of the molecule is C[C@@H](Nc1cnc(N2CCCCC2)n(CC(=O)O)c1=O)c1coc(-c2ccccc2F)n1. The predicted molar refractivity (Wildman–Crippen MR) is 116 cm³/mol. The number of halogens is 1. The van der Waals surface area contributed by atoms with Crippen LogP contribution in [-0.2, 0) is 11.3 Å². The van der Waals surface area contributed by atoms with Gasteiger partial charge in [0.05, 0.1) is 17.8 Å². The Morgan fingerprint density at radius 2 is 2.03 bits per heavy atom. The van der Waals surface area contributed by atoms with Crippen molar-refractivity contribution in [1.82, 2.24) is 14.5 Å². The van der Waals surface area contributed by atoms with E-state index in [4.69, 9.17) is 4.42 Å². The molecule has 2 N–H and O–H groups in total. The predicted octanol–water partition coefficient (Wildman–Crippen LogP) is 3.29. The zero-order valence-corrected chi connectivity index (χ0v) is 17.6. The molecule has 32 heavy (non-hydrogen) atoms. The van der Waals surface area contributed by atoms with Gasteiger partial charge in [0.1, 0.15) is 30.0 Å². The second-order valence-electron chi connectivity index (χ2n) is 7.73. The fourth-order valence-electron chi connectivity index (χ4n) is 3.76. The molecule has 1 atom stereocenters. The van der Waals surface area contributed by atoms with E-state index < -0.39 is 29.9 Å². The van der Waals surface area contributed by atoms with Crippen LogP contribution in [-0.4, -0.2) is 38.7 Å². The quantitative estimate of drug-likeness (QED) is 0.574. The van der Waals surface area contributed by atoms with Crippen molar-refractivity contribution in [2.24, 2.45) is 0 Å². The van der Waals surface area contributed by atoms with Crippen molar-refractivity contribution in [2.75, 3.05) is 23.3 Å². The molecule has 2 aromatic heterocycles. The van der Waals surface area contributed by atoms with Crippen LogP contribution >= 0.6 is 0 Å². The Kier molecular flexibility index (Phi) is 6.20. The molecule has 1 saturated heterocycles. The maximum atomic E-state index is 14.0. The second-order valence-corrected chi connectivity index (χ2v) is 7.73. The van der Waals surface area contributed by atoms with Crippen molar-refractivity contribution in [3.8, 4) is 11.5 Å². The Bertz CT molecular complexity index is 1170. The molecular weight excluding hydrogens is 417 g/mol. The van der Waals surface area contributed by atoms with Crippen molar-refractivity contribution in [3.63, 3.8) is 0 Å². The minimum Gasteiger partial charge on any atom is -0.480 e. The van der Waals surface area contributed by atoms with Gasteiger partial charge in [0.15, 0.2) is 0 Å². The first kappa shape index (κ1) is 21.5. The summed E-state index contributed by atoms with van der Waals surface area (Å²) in [7, 11) is 0. The van der Waals surface area contributed by atoms with Gasteiger partial charge in [-0.05, 0) is 38.3 Å². The van der Waals surface area contributed by atoms with Gasteiger partial charge in [-0.3, -0.25) is 14.2 Å². The summed E-state index contributed by atoms with van der Waals surface area (Å²) in [5.41, 5.74) is 0.373. The van der Waals surface area contributed by atoms with E-state index in [0.717, 1.165) is 32.4 Å². The lowest BCUT2D eigenvalue weighted by atomic mass is 10.1. The number of hydrogen-bond acceptors (Lipinski definition) is 7. The first-order valence-electron chi connectivity index (χ1n) is 10.5. The largest absolute Gasteiger partial charge is 0.480 e. The standard InChI is InChI=1S/C22H24FN5O4/c1-14(18-13-32-20(26-18)15-7-3-4-8-16(15)23)25-17-11-24-22(27-9-5-2-6-10-27)28(21(17)31)12-19(29)30/h3-4,7-8,11,13-14,25H,2,5-6,9-10,12H2,1H3,(H,29,30)/t14-/m1/s1. The average molecular weight is 441 g/mol. The minimum absolute atomic E-state index is 0.133. The van der Waals surface area contributed by atoms with Gasteiger partial charge < -0.3 is 19.7 Å². The van der Waals surface area contributed by atoms with E-state index >= 15 is 0 Å². The maximum absolute atomic E-state index is 14.0. The Morgan fingerprint density at radius 1 is 1.28 bits per heavy atom. The second kappa shape index (κ2) is 9.21. The first-order valence-corrected chi connectivity index (χ1v) is 10.5. The number of piperidine rings is 1. The lowest BCUT2D eigenvalue weighted by Crippen LogP contribution is -2.38. The van der Waals surface area contributed by atoms with Crippen molar-refractivity contribution in [1.29, 1.82) is 0 Å². The van der Waals surface area contributed by atoms with Crippen LogP contribution in [0.2, 0.25) is 0 Å². The molecule has 3 heterocycles. The summed E-state index contributed by atoms with van der Waals surface area (Å²) < 4.78 is 20.6. The number of aliphatic carboxylic acids is 1. The van der Waals surface area contributed by atoms with Crippen LogP contribution in [0, 0.1) is 5.82 Å². The Balaban J connectivity index is 1.59. The maximum Gasteiger partial charge on any atom is 0.323 e. The highest BCUT2D eigenvalue weighted by Gasteiger charge is 2.22. The zero-order chi connectivity index (χ0) is 22.7. The number of hydrogen-bond donors (Lipinski definition) is 2. The molecule has 1 fully saturated rings. The number of oxazole rings is 1. The monoisotopic (exact) mass is 441 g/mol. The van der Waals surface area contributed by atoms with Gasteiger partial charge in [-0.25, -0.2) is 14.4 Å². The van der Waals surface area contributed by atoms with Crippen molar-refractivity contribution >= 4 is 17.6 Å². The summed E-state index contributed by atoms with van der Waals surface area (Å²) in [4.78, 5) is 35.1. The summed E-state index contributed by atoms with van der Waals surface area (Å²) >= 11 is 0. The molecule has 0 aliphatic carbocycles. The molecular formula is C22H24FN5O4. The molecule has 0 unspecified atom stereocenters. The number of rotatable bonds is 7. The molecule has 0 radical (unpaired) electrons. The van der Waals surface area contributed by atoms with Gasteiger partial charge in [-0.1, -0.05) is 12.1 Å². The number of nitrogens with one attached hydrogen (secondary N) is 1. The lowest BCUT2D eigenvalue weighted by Gasteiger charge is -2.29. The van der Waals surface area contributed by atoms with E-state index in [1.54, 1.807) is 25.1 Å². The van der Waals surface area contributed by atoms with Gasteiger partial charge in [0, 0.05) is 13.1 Å². The average Bonchev–Trinajstić information content (AvgIpc) is 3.27. The molecule has 1 aromatic carbocycles. The van der Waals surface area contributed by atoms with E-state index in [9.17, 15) is 19.1 Å². The van der Waals surface area contributed by atoms with Gasteiger partial charge in [0.2, 0.25) is 11.8 Å². The highest BCUT2D eigenvalue weighted by molar-refractivity contribution is 5.67. The van der Waals surface area contributed by atoms with Gasteiger partial charge in [0.25, 0.3) is 5.56 Å². The lowest BCUT2D eigenvalue weighted by molar-refractivity contribution is -0.137.